The number of nitrogens with zero attached hydrogens (tertiary/aromatic N) is 4. The van der Waals surface area contributed by atoms with Crippen molar-refractivity contribution < 1.29 is 19.2 Å². The number of aromatic nitrogens is 3. The number of ether oxygens (including phenoxy) is 1. The molecular formula is C18H18N4O4. The predicted molar refractivity (Wildman–Crippen MR) is 92.0 cm³/mol. The fraction of sp³-hybridized carbons (Fsp3) is 0.222. The summed E-state index contributed by atoms with van der Waals surface area (Å²) in [5.74, 6) is 0.832. The van der Waals surface area contributed by atoms with Crippen LogP contribution in [0, 0.1) is 0 Å². The van der Waals surface area contributed by atoms with Crippen molar-refractivity contribution in [1.82, 2.24) is 20.0 Å². The van der Waals surface area contributed by atoms with Gasteiger partial charge in [-0.1, -0.05) is 17.3 Å². The van der Waals surface area contributed by atoms with Crippen LogP contribution in [0.2, 0.25) is 0 Å². The highest BCUT2D eigenvalue weighted by Gasteiger charge is 2.23. The molecule has 2 aromatic heterocycles. The van der Waals surface area contributed by atoms with Crippen molar-refractivity contribution in [3.8, 4) is 17.1 Å². The SMILES string of the molecule is COc1ccc([C@@H](O)C(=O)N(C)Cc2nc(-c3cccnc3)no2)cc1. The van der Waals surface area contributed by atoms with E-state index in [4.69, 9.17) is 9.26 Å². The smallest absolute Gasteiger partial charge is 0.256 e. The van der Waals surface area contributed by atoms with Crippen LogP contribution in [-0.4, -0.2) is 45.2 Å². The second kappa shape index (κ2) is 7.75. The first-order chi connectivity index (χ1) is 12.6. The molecular weight excluding hydrogens is 336 g/mol. The first-order valence-electron chi connectivity index (χ1n) is 7.88. The van der Waals surface area contributed by atoms with Crippen LogP contribution < -0.4 is 4.74 Å². The van der Waals surface area contributed by atoms with Crippen molar-refractivity contribution in [2.24, 2.45) is 0 Å². The van der Waals surface area contributed by atoms with E-state index in [2.05, 4.69) is 15.1 Å². The van der Waals surface area contributed by atoms with Gasteiger partial charge in [0.2, 0.25) is 11.7 Å². The van der Waals surface area contributed by atoms with Gasteiger partial charge in [-0.2, -0.15) is 4.98 Å². The fourth-order valence-electron chi connectivity index (χ4n) is 2.35. The summed E-state index contributed by atoms with van der Waals surface area (Å²) in [6, 6.07) is 10.2. The van der Waals surface area contributed by atoms with E-state index in [1.165, 1.54) is 4.90 Å². The second-order valence-corrected chi connectivity index (χ2v) is 5.62. The van der Waals surface area contributed by atoms with E-state index in [1.807, 2.05) is 6.07 Å². The molecule has 3 aromatic rings. The average Bonchev–Trinajstić information content (AvgIpc) is 3.16. The van der Waals surface area contributed by atoms with Gasteiger partial charge in [0, 0.05) is 25.0 Å². The van der Waals surface area contributed by atoms with E-state index in [1.54, 1.807) is 56.9 Å². The first kappa shape index (κ1) is 17.6. The summed E-state index contributed by atoms with van der Waals surface area (Å²) in [5, 5.41) is 14.2. The minimum absolute atomic E-state index is 0.0826. The number of amides is 1. The van der Waals surface area contributed by atoms with Gasteiger partial charge in [-0.05, 0) is 29.8 Å². The highest BCUT2D eigenvalue weighted by molar-refractivity contribution is 5.81. The molecule has 1 N–H and O–H groups in total. The van der Waals surface area contributed by atoms with Crippen LogP contribution in [0.5, 0.6) is 5.75 Å². The number of rotatable bonds is 6. The summed E-state index contributed by atoms with van der Waals surface area (Å²) >= 11 is 0. The van der Waals surface area contributed by atoms with Gasteiger partial charge >= 0.3 is 0 Å². The Morgan fingerprint density at radius 3 is 2.73 bits per heavy atom. The molecule has 2 heterocycles. The maximum absolute atomic E-state index is 12.4. The molecule has 3 rings (SSSR count). The topological polar surface area (TPSA) is 102 Å². The van der Waals surface area contributed by atoms with Crippen LogP contribution in [0.15, 0.2) is 53.3 Å². The number of hydrogen-bond donors (Lipinski definition) is 1. The van der Waals surface area contributed by atoms with Crippen LogP contribution in [0.1, 0.15) is 17.6 Å². The molecule has 134 valence electrons. The Bertz CT molecular complexity index is 864. The van der Waals surface area contributed by atoms with E-state index >= 15 is 0 Å². The molecule has 0 bridgehead atoms. The van der Waals surface area contributed by atoms with E-state index in [9.17, 15) is 9.90 Å². The molecule has 0 aliphatic carbocycles. The lowest BCUT2D eigenvalue weighted by Gasteiger charge is -2.19. The maximum Gasteiger partial charge on any atom is 0.256 e. The molecule has 26 heavy (non-hydrogen) atoms. The average molecular weight is 354 g/mol. The Morgan fingerprint density at radius 2 is 2.08 bits per heavy atom. The Labute approximate surface area is 150 Å². The summed E-state index contributed by atoms with van der Waals surface area (Å²) in [5.41, 5.74) is 1.19. The molecule has 0 saturated carbocycles. The molecule has 8 heteroatoms. The van der Waals surface area contributed by atoms with Crippen LogP contribution in [-0.2, 0) is 11.3 Å². The van der Waals surface area contributed by atoms with Crippen molar-refractivity contribution in [3.63, 3.8) is 0 Å². The lowest BCUT2D eigenvalue weighted by atomic mass is 10.1. The van der Waals surface area contributed by atoms with Gasteiger partial charge in [-0.3, -0.25) is 9.78 Å². The van der Waals surface area contributed by atoms with E-state index < -0.39 is 12.0 Å². The highest BCUT2D eigenvalue weighted by atomic mass is 16.5. The number of carbonyl (C=O) groups is 1. The monoisotopic (exact) mass is 354 g/mol. The third kappa shape index (κ3) is 3.86. The summed E-state index contributed by atoms with van der Waals surface area (Å²) in [6.07, 6.45) is 1.99. The van der Waals surface area contributed by atoms with Crippen LogP contribution in [0.25, 0.3) is 11.4 Å². The molecule has 1 amide bonds. The third-order valence-electron chi connectivity index (χ3n) is 3.80. The Hall–Kier alpha value is -3.26. The van der Waals surface area contributed by atoms with Gasteiger partial charge in [-0.15, -0.1) is 0 Å². The molecule has 0 aliphatic rings. The molecule has 0 fully saturated rings. The summed E-state index contributed by atoms with van der Waals surface area (Å²) in [4.78, 5) is 22.0. The van der Waals surface area contributed by atoms with Crippen molar-refractivity contribution in [2.45, 2.75) is 12.6 Å². The minimum atomic E-state index is -1.29. The van der Waals surface area contributed by atoms with Crippen LogP contribution in [0.3, 0.4) is 0 Å². The minimum Gasteiger partial charge on any atom is -0.497 e. The molecule has 0 spiro atoms. The maximum atomic E-state index is 12.4. The number of pyridine rings is 1. The highest BCUT2D eigenvalue weighted by Crippen LogP contribution is 2.20. The predicted octanol–water partition coefficient (Wildman–Crippen LogP) is 1.83. The molecule has 0 aliphatic heterocycles. The number of hydrogen-bond acceptors (Lipinski definition) is 7. The van der Waals surface area contributed by atoms with E-state index in [-0.39, 0.29) is 12.4 Å². The number of aliphatic hydroxyl groups excluding tert-OH is 1. The number of benzene rings is 1. The Balaban J connectivity index is 1.66. The molecule has 0 unspecified atom stereocenters. The van der Waals surface area contributed by atoms with Gasteiger partial charge < -0.3 is 19.3 Å². The van der Waals surface area contributed by atoms with Crippen molar-refractivity contribution in [3.05, 3.63) is 60.2 Å². The summed E-state index contributed by atoms with van der Waals surface area (Å²) in [6.45, 7) is 0.0826. The fourth-order valence-corrected chi connectivity index (χ4v) is 2.35. The van der Waals surface area contributed by atoms with E-state index in [0.29, 0.717) is 17.1 Å². The van der Waals surface area contributed by atoms with Gasteiger partial charge in [0.1, 0.15) is 5.75 Å². The largest absolute Gasteiger partial charge is 0.497 e. The third-order valence-corrected chi connectivity index (χ3v) is 3.80. The van der Waals surface area contributed by atoms with Gasteiger partial charge in [0.25, 0.3) is 5.91 Å². The summed E-state index contributed by atoms with van der Waals surface area (Å²) < 4.78 is 10.2. The molecule has 8 nitrogen and oxygen atoms in total. The lowest BCUT2D eigenvalue weighted by Crippen LogP contribution is -2.31. The standard InChI is InChI=1S/C18H18N4O4/c1-22(18(24)16(23)12-5-7-14(25-2)8-6-12)11-15-20-17(21-26-15)13-4-3-9-19-10-13/h3-10,16,23H,11H2,1-2H3/t16-/m1/s1. The normalized spacial score (nSPS) is 11.8. The zero-order valence-corrected chi connectivity index (χ0v) is 14.4. The summed E-state index contributed by atoms with van der Waals surface area (Å²) in [7, 11) is 3.11. The molecule has 1 atom stereocenters. The number of methoxy groups -OCH3 is 1. The Kier molecular flexibility index (Phi) is 5.23. The Morgan fingerprint density at radius 1 is 1.31 bits per heavy atom. The van der Waals surface area contributed by atoms with Crippen molar-refractivity contribution in [2.75, 3.05) is 14.2 Å². The molecule has 0 radical (unpaired) electrons. The molecule has 1 aromatic carbocycles. The molecule has 0 saturated heterocycles. The first-order valence-corrected chi connectivity index (χ1v) is 7.88. The quantitative estimate of drug-likeness (QED) is 0.720. The lowest BCUT2D eigenvalue weighted by molar-refractivity contribution is -0.140. The van der Waals surface area contributed by atoms with Gasteiger partial charge in [0.05, 0.1) is 13.7 Å². The van der Waals surface area contributed by atoms with Gasteiger partial charge in [0.15, 0.2) is 6.10 Å². The number of aliphatic hydroxyl groups is 1. The van der Waals surface area contributed by atoms with Crippen molar-refractivity contribution in [1.29, 1.82) is 0 Å². The zero-order valence-electron chi connectivity index (χ0n) is 14.4. The van der Waals surface area contributed by atoms with Gasteiger partial charge in [-0.25, -0.2) is 0 Å². The van der Waals surface area contributed by atoms with Crippen LogP contribution in [0.4, 0.5) is 0 Å². The zero-order chi connectivity index (χ0) is 18.5. The number of likely N-dealkylation sites (N-methyl/N-ethyl adjacent to an activating group) is 1. The van der Waals surface area contributed by atoms with Crippen molar-refractivity contribution >= 4 is 5.91 Å². The van der Waals surface area contributed by atoms with E-state index in [0.717, 1.165) is 5.56 Å². The van der Waals surface area contributed by atoms with Crippen LogP contribution >= 0.6 is 0 Å². The second-order valence-electron chi connectivity index (χ2n) is 5.62. The number of carbonyl (C=O) groups excluding carboxylic acids is 1.